The van der Waals surface area contributed by atoms with Crippen molar-refractivity contribution in [3.63, 3.8) is 0 Å². The maximum atomic E-state index is 12.8. The van der Waals surface area contributed by atoms with Gasteiger partial charge in [-0.1, -0.05) is 60.7 Å². The summed E-state index contributed by atoms with van der Waals surface area (Å²) in [6.45, 7) is 0.0673. The third kappa shape index (κ3) is 8.16. The molecule has 0 saturated carbocycles. The molecule has 2 aromatic rings. The summed E-state index contributed by atoms with van der Waals surface area (Å²) >= 11 is 1.50. The Kier molecular flexibility index (Phi) is 9.73. The molecule has 0 aliphatic heterocycles. The van der Waals surface area contributed by atoms with Crippen LogP contribution in [0.4, 0.5) is 4.79 Å². The van der Waals surface area contributed by atoms with E-state index in [0.717, 1.165) is 11.1 Å². The van der Waals surface area contributed by atoms with Gasteiger partial charge in [0.2, 0.25) is 5.91 Å². The van der Waals surface area contributed by atoms with E-state index in [0.29, 0.717) is 12.2 Å². The van der Waals surface area contributed by atoms with Crippen molar-refractivity contribution in [3.8, 4) is 0 Å². The molecule has 160 valence electrons. The molecule has 0 fully saturated rings. The molecule has 2 amide bonds. The van der Waals surface area contributed by atoms with Gasteiger partial charge in [0.1, 0.15) is 18.7 Å². The molecule has 0 saturated heterocycles. The van der Waals surface area contributed by atoms with E-state index in [1.165, 1.54) is 11.8 Å². The molecule has 30 heavy (non-hydrogen) atoms. The molecular weight excluding hydrogens is 404 g/mol. The molecule has 0 aliphatic rings. The van der Waals surface area contributed by atoms with E-state index in [4.69, 9.17) is 4.74 Å². The third-order valence-corrected chi connectivity index (χ3v) is 4.97. The zero-order chi connectivity index (χ0) is 21.8. The first kappa shape index (κ1) is 23.3. The molecule has 3 N–H and O–H groups in total. The van der Waals surface area contributed by atoms with E-state index in [9.17, 15) is 19.5 Å². The summed E-state index contributed by atoms with van der Waals surface area (Å²) in [6.07, 6.45) is 1.62. The number of hydrogen-bond acceptors (Lipinski definition) is 5. The summed E-state index contributed by atoms with van der Waals surface area (Å²) < 4.78 is 5.21. The summed E-state index contributed by atoms with van der Waals surface area (Å²) in [5, 5.41) is 14.5. The van der Waals surface area contributed by atoms with Crippen LogP contribution in [0.2, 0.25) is 0 Å². The lowest BCUT2D eigenvalue weighted by Crippen LogP contribution is -2.52. The molecular formula is C22H26N2O5S. The first-order chi connectivity index (χ1) is 14.5. The summed E-state index contributed by atoms with van der Waals surface area (Å²) in [4.78, 5) is 36.5. The molecule has 2 rings (SSSR count). The number of amides is 2. The van der Waals surface area contributed by atoms with Crippen LogP contribution in [0.3, 0.4) is 0 Å². The Hall–Kier alpha value is -3.00. The van der Waals surface area contributed by atoms with E-state index >= 15 is 0 Å². The predicted octanol–water partition coefficient (Wildman–Crippen LogP) is 2.85. The summed E-state index contributed by atoms with van der Waals surface area (Å²) in [5.41, 5.74) is 1.65. The maximum Gasteiger partial charge on any atom is 0.408 e. The Morgan fingerprint density at radius 1 is 0.933 bits per heavy atom. The number of rotatable bonds is 11. The number of hydrogen-bond donors (Lipinski definition) is 3. The second-order valence-corrected chi connectivity index (χ2v) is 7.61. The van der Waals surface area contributed by atoms with Crippen LogP contribution < -0.4 is 10.6 Å². The van der Waals surface area contributed by atoms with Crippen molar-refractivity contribution in [1.29, 1.82) is 0 Å². The lowest BCUT2D eigenvalue weighted by molar-refractivity contribution is -0.142. The number of benzene rings is 2. The summed E-state index contributed by atoms with van der Waals surface area (Å²) in [5.74, 6) is -1.08. The predicted molar refractivity (Wildman–Crippen MR) is 116 cm³/mol. The van der Waals surface area contributed by atoms with E-state index < -0.39 is 30.1 Å². The van der Waals surface area contributed by atoms with Gasteiger partial charge < -0.3 is 20.5 Å². The average molecular weight is 431 g/mol. The monoisotopic (exact) mass is 430 g/mol. The Labute approximate surface area is 180 Å². The van der Waals surface area contributed by atoms with Crippen molar-refractivity contribution in [2.24, 2.45) is 0 Å². The standard InChI is InChI=1S/C22H26N2O5S/c1-30-13-12-18(21(26)27)23-20(25)19(14-16-8-4-2-5-9-16)24-22(28)29-15-17-10-6-3-7-11-17/h2-11,18-19H,12-15H2,1H3,(H,23,25)(H,24,28)(H,26,27). The molecule has 0 bridgehead atoms. The smallest absolute Gasteiger partial charge is 0.408 e. The van der Waals surface area contributed by atoms with Gasteiger partial charge in [-0.2, -0.15) is 11.8 Å². The van der Waals surface area contributed by atoms with Crippen LogP contribution in [0.25, 0.3) is 0 Å². The van der Waals surface area contributed by atoms with E-state index in [-0.39, 0.29) is 13.0 Å². The highest BCUT2D eigenvalue weighted by Crippen LogP contribution is 2.07. The molecule has 2 atom stereocenters. The number of carboxylic acids is 1. The van der Waals surface area contributed by atoms with Crippen LogP contribution in [0, 0.1) is 0 Å². The first-order valence-electron chi connectivity index (χ1n) is 9.53. The zero-order valence-corrected chi connectivity index (χ0v) is 17.6. The van der Waals surface area contributed by atoms with Gasteiger partial charge in [-0.3, -0.25) is 4.79 Å². The molecule has 0 spiro atoms. The summed E-state index contributed by atoms with van der Waals surface area (Å²) in [7, 11) is 0. The van der Waals surface area contributed by atoms with Crippen LogP contribution >= 0.6 is 11.8 Å². The van der Waals surface area contributed by atoms with Crippen molar-refractivity contribution >= 4 is 29.7 Å². The van der Waals surface area contributed by atoms with Gasteiger partial charge in [-0.05, 0) is 29.6 Å². The molecule has 7 nitrogen and oxygen atoms in total. The number of aliphatic carboxylic acids is 1. The number of ether oxygens (including phenoxy) is 1. The number of nitrogens with one attached hydrogen (secondary N) is 2. The highest BCUT2D eigenvalue weighted by Gasteiger charge is 2.27. The Morgan fingerprint density at radius 2 is 1.53 bits per heavy atom. The largest absolute Gasteiger partial charge is 0.480 e. The SMILES string of the molecule is CSCCC(NC(=O)C(Cc1ccccc1)NC(=O)OCc1ccccc1)C(=O)O. The van der Waals surface area contributed by atoms with Crippen molar-refractivity contribution in [1.82, 2.24) is 10.6 Å². The minimum Gasteiger partial charge on any atom is -0.480 e. The van der Waals surface area contributed by atoms with Gasteiger partial charge in [0.05, 0.1) is 0 Å². The van der Waals surface area contributed by atoms with Gasteiger partial charge in [0, 0.05) is 6.42 Å². The van der Waals surface area contributed by atoms with Gasteiger partial charge in [0.15, 0.2) is 0 Å². The molecule has 8 heteroatoms. The van der Waals surface area contributed by atoms with Crippen LogP contribution in [0.1, 0.15) is 17.5 Å². The average Bonchev–Trinajstić information content (AvgIpc) is 2.76. The Morgan fingerprint density at radius 3 is 2.10 bits per heavy atom. The quantitative estimate of drug-likeness (QED) is 0.506. The van der Waals surface area contributed by atoms with Crippen LogP contribution in [0.5, 0.6) is 0 Å². The maximum absolute atomic E-state index is 12.8. The van der Waals surface area contributed by atoms with Crippen molar-refractivity contribution in [3.05, 3.63) is 71.8 Å². The third-order valence-electron chi connectivity index (χ3n) is 4.33. The number of thioether (sulfide) groups is 1. The van der Waals surface area contributed by atoms with E-state index in [1.807, 2.05) is 66.9 Å². The molecule has 2 aromatic carbocycles. The van der Waals surface area contributed by atoms with Crippen molar-refractivity contribution in [2.75, 3.05) is 12.0 Å². The normalized spacial score (nSPS) is 12.4. The molecule has 0 radical (unpaired) electrons. The second-order valence-electron chi connectivity index (χ2n) is 6.63. The first-order valence-corrected chi connectivity index (χ1v) is 10.9. The van der Waals surface area contributed by atoms with Crippen LogP contribution in [-0.2, 0) is 27.4 Å². The zero-order valence-electron chi connectivity index (χ0n) is 16.7. The Bertz CT molecular complexity index is 817. The number of carboxylic acid groups (broad SMARTS) is 1. The van der Waals surface area contributed by atoms with Crippen LogP contribution in [-0.4, -0.2) is 47.2 Å². The number of carbonyl (C=O) groups excluding carboxylic acids is 2. The minimum absolute atomic E-state index is 0.0673. The number of alkyl carbamates (subject to hydrolysis) is 1. The van der Waals surface area contributed by atoms with Gasteiger partial charge in [0.25, 0.3) is 0 Å². The van der Waals surface area contributed by atoms with E-state index in [2.05, 4.69) is 10.6 Å². The minimum atomic E-state index is -1.11. The Balaban J connectivity index is 2.04. The van der Waals surface area contributed by atoms with Gasteiger partial charge in [-0.25, -0.2) is 9.59 Å². The highest BCUT2D eigenvalue weighted by atomic mass is 32.2. The molecule has 0 aromatic heterocycles. The fourth-order valence-electron chi connectivity index (χ4n) is 2.73. The molecule has 2 unspecified atom stereocenters. The lowest BCUT2D eigenvalue weighted by Gasteiger charge is -2.21. The van der Waals surface area contributed by atoms with Crippen LogP contribution in [0.15, 0.2) is 60.7 Å². The highest BCUT2D eigenvalue weighted by molar-refractivity contribution is 7.98. The topological polar surface area (TPSA) is 105 Å². The second kappa shape index (κ2) is 12.5. The van der Waals surface area contributed by atoms with Gasteiger partial charge in [-0.15, -0.1) is 0 Å². The van der Waals surface area contributed by atoms with Crippen molar-refractivity contribution < 1.29 is 24.2 Å². The summed E-state index contributed by atoms with van der Waals surface area (Å²) in [6, 6.07) is 16.4. The fourth-order valence-corrected chi connectivity index (χ4v) is 3.20. The lowest BCUT2D eigenvalue weighted by atomic mass is 10.0. The number of carbonyl (C=O) groups is 3. The van der Waals surface area contributed by atoms with E-state index in [1.54, 1.807) is 0 Å². The fraction of sp³-hybridized carbons (Fsp3) is 0.318. The van der Waals surface area contributed by atoms with Crippen molar-refractivity contribution in [2.45, 2.75) is 31.5 Å². The molecule has 0 aliphatic carbocycles. The molecule has 0 heterocycles. The van der Waals surface area contributed by atoms with Gasteiger partial charge >= 0.3 is 12.1 Å².